The highest BCUT2D eigenvalue weighted by Gasteiger charge is 2.15. The van der Waals surface area contributed by atoms with E-state index in [0.29, 0.717) is 17.1 Å². The normalized spacial score (nSPS) is 10.5. The highest BCUT2D eigenvalue weighted by Crippen LogP contribution is 2.25. The molecule has 1 aromatic carbocycles. The van der Waals surface area contributed by atoms with Crippen molar-refractivity contribution in [3.63, 3.8) is 0 Å². The van der Waals surface area contributed by atoms with Crippen LogP contribution in [0, 0.1) is 24.0 Å². The number of aryl methyl sites for hydroxylation is 1. The fourth-order valence-corrected chi connectivity index (χ4v) is 1.78. The lowest BCUT2D eigenvalue weighted by Crippen LogP contribution is -2.04. The van der Waals surface area contributed by atoms with Crippen molar-refractivity contribution in [1.29, 1.82) is 0 Å². The van der Waals surface area contributed by atoms with E-state index in [1.165, 1.54) is 6.07 Å². The van der Waals surface area contributed by atoms with Crippen LogP contribution in [0.5, 0.6) is 0 Å². The first-order valence-corrected chi connectivity index (χ1v) is 5.07. The van der Waals surface area contributed by atoms with Gasteiger partial charge in [0.1, 0.15) is 5.82 Å². The smallest absolute Gasteiger partial charge is 0.274 e. The molecule has 0 aliphatic heterocycles. The van der Waals surface area contributed by atoms with Gasteiger partial charge in [-0.1, -0.05) is 6.07 Å². The van der Waals surface area contributed by atoms with E-state index in [0.717, 1.165) is 5.69 Å². The summed E-state index contributed by atoms with van der Waals surface area (Å²) in [5.41, 5.74) is 7.76. The lowest BCUT2D eigenvalue weighted by Gasteiger charge is -2.07. The minimum Gasteiger partial charge on any atom is -0.382 e. The summed E-state index contributed by atoms with van der Waals surface area (Å²) in [7, 11) is 0. The van der Waals surface area contributed by atoms with Crippen LogP contribution in [0.4, 0.5) is 11.5 Å². The molecular formula is C11H12N4O2. The predicted octanol–water partition coefficient (Wildman–Crippen LogP) is 1.98. The van der Waals surface area contributed by atoms with Gasteiger partial charge in [-0.05, 0) is 19.9 Å². The molecule has 6 nitrogen and oxygen atoms in total. The Morgan fingerprint density at radius 2 is 2.12 bits per heavy atom. The molecule has 0 atom stereocenters. The number of nitrogens with two attached hydrogens (primary N) is 1. The number of nitro benzene ring substituents is 1. The van der Waals surface area contributed by atoms with Crippen molar-refractivity contribution in [3.05, 3.63) is 45.6 Å². The van der Waals surface area contributed by atoms with Gasteiger partial charge < -0.3 is 5.73 Å². The standard InChI is InChI=1S/C11H12N4O2/c1-7-6-11(12)13-14(7)9-4-3-5-10(8(9)2)15(16)17/h3-6H,1-2H3,(H2,12,13). The SMILES string of the molecule is Cc1c(-n2nc(N)cc2C)cccc1[N+](=O)[O-]. The number of nitro groups is 1. The summed E-state index contributed by atoms with van der Waals surface area (Å²) in [6.45, 7) is 3.55. The van der Waals surface area contributed by atoms with Crippen LogP contribution in [0.2, 0.25) is 0 Å². The number of benzene rings is 1. The van der Waals surface area contributed by atoms with Gasteiger partial charge in [-0.15, -0.1) is 0 Å². The van der Waals surface area contributed by atoms with Crippen molar-refractivity contribution >= 4 is 11.5 Å². The second-order valence-electron chi connectivity index (χ2n) is 3.80. The summed E-state index contributed by atoms with van der Waals surface area (Å²) >= 11 is 0. The van der Waals surface area contributed by atoms with Crippen LogP contribution in [-0.4, -0.2) is 14.7 Å². The molecule has 88 valence electrons. The minimum atomic E-state index is -0.402. The largest absolute Gasteiger partial charge is 0.382 e. The number of nitrogen functional groups attached to an aromatic ring is 1. The molecule has 1 aromatic heterocycles. The zero-order chi connectivity index (χ0) is 12.6. The van der Waals surface area contributed by atoms with Crippen LogP contribution in [0.1, 0.15) is 11.3 Å². The lowest BCUT2D eigenvalue weighted by molar-refractivity contribution is -0.385. The molecule has 0 aliphatic carbocycles. The molecule has 0 aliphatic rings. The molecule has 0 unspecified atom stereocenters. The van der Waals surface area contributed by atoms with Crippen LogP contribution in [0.25, 0.3) is 5.69 Å². The van der Waals surface area contributed by atoms with Gasteiger partial charge in [0.25, 0.3) is 5.69 Å². The van der Waals surface area contributed by atoms with E-state index in [2.05, 4.69) is 5.10 Å². The second-order valence-corrected chi connectivity index (χ2v) is 3.80. The quantitative estimate of drug-likeness (QED) is 0.633. The summed E-state index contributed by atoms with van der Waals surface area (Å²) in [4.78, 5) is 10.4. The van der Waals surface area contributed by atoms with Crippen LogP contribution >= 0.6 is 0 Å². The summed E-state index contributed by atoms with van der Waals surface area (Å²) in [5.74, 6) is 0.397. The zero-order valence-electron chi connectivity index (χ0n) is 9.54. The third kappa shape index (κ3) is 1.84. The second kappa shape index (κ2) is 3.89. The first-order chi connectivity index (χ1) is 8.00. The van der Waals surface area contributed by atoms with Gasteiger partial charge in [-0.2, -0.15) is 5.10 Å². The molecule has 0 spiro atoms. The Morgan fingerprint density at radius 1 is 1.41 bits per heavy atom. The highest BCUT2D eigenvalue weighted by molar-refractivity contribution is 5.53. The van der Waals surface area contributed by atoms with E-state index in [-0.39, 0.29) is 5.69 Å². The topological polar surface area (TPSA) is 87.0 Å². The van der Waals surface area contributed by atoms with Crippen molar-refractivity contribution in [2.75, 3.05) is 5.73 Å². The molecule has 0 bridgehead atoms. The maximum absolute atomic E-state index is 10.8. The Morgan fingerprint density at radius 3 is 2.65 bits per heavy atom. The van der Waals surface area contributed by atoms with Gasteiger partial charge in [0.15, 0.2) is 0 Å². The van der Waals surface area contributed by atoms with E-state index < -0.39 is 4.92 Å². The Bertz CT molecular complexity index is 589. The molecule has 6 heteroatoms. The first kappa shape index (κ1) is 11.1. The monoisotopic (exact) mass is 232 g/mol. The third-order valence-corrected chi connectivity index (χ3v) is 2.61. The Balaban J connectivity index is 2.64. The molecule has 0 fully saturated rings. The maximum Gasteiger partial charge on any atom is 0.274 e. The van der Waals surface area contributed by atoms with Crippen molar-refractivity contribution in [1.82, 2.24) is 9.78 Å². The number of anilines is 1. The molecule has 1 heterocycles. The molecular weight excluding hydrogens is 220 g/mol. The third-order valence-electron chi connectivity index (χ3n) is 2.61. The number of rotatable bonds is 2. The van der Waals surface area contributed by atoms with Crippen molar-refractivity contribution in [3.8, 4) is 5.69 Å². The molecule has 0 radical (unpaired) electrons. The molecule has 0 saturated heterocycles. The number of aromatic nitrogens is 2. The summed E-state index contributed by atoms with van der Waals surface area (Å²) in [6, 6.07) is 6.61. The Hall–Kier alpha value is -2.37. The fourth-order valence-electron chi connectivity index (χ4n) is 1.78. The van der Waals surface area contributed by atoms with E-state index in [1.807, 2.05) is 6.92 Å². The van der Waals surface area contributed by atoms with E-state index in [9.17, 15) is 10.1 Å². The van der Waals surface area contributed by atoms with Gasteiger partial charge in [-0.25, -0.2) is 4.68 Å². The average molecular weight is 232 g/mol. The van der Waals surface area contributed by atoms with E-state index in [1.54, 1.807) is 29.8 Å². The van der Waals surface area contributed by atoms with Gasteiger partial charge in [0.05, 0.1) is 16.2 Å². The average Bonchev–Trinajstić information content (AvgIpc) is 2.57. The number of hydrogen-bond acceptors (Lipinski definition) is 4. The zero-order valence-corrected chi connectivity index (χ0v) is 9.54. The summed E-state index contributed by atoms with van der Waals surface area (Å²) < 4.78 is 1.61. The van der Waals surface area contributed by atoms with Gasteiger partial charge in [0, 0.05) is 17.8 Å². The van der Waals surface area contributed by atoms with Crippen molar-refractivity contribution in [2.24, 2.45) is 0 Å². The number of hydrogen-bond donors (Lipinski definition) is 1. The Labute approximate surface area is 97.8 Å². The van der Waals surface area contributed by atoms with Crippen LogP contribution in [0.3, 0.4) is 0 Å². The van der Waals surface area contributed by atoms with Crippen molar-refractivity contribution < 1.29 is 4.92 Å². The molecule has 2 rings (SSSR count). The Kier molecular flexibility index (Phi) is 2.55. The summed E-state index contributed by atoms with van der Waals surface area (Å²) in [6.07, 6.45) is 0. The predicted molar refractivity (Wildman–Crippen MR) is 64.1 cm³/mol. The molecule has 17 heavy (non-hydrogen) atoms. The molecule has 0 saturated carbocycles. The lowest BCUT2D eigenvalue weighted by atomic mass is 10.1. The number of nitrogens with zero attached hydrogens (tertiary/aromatic N) is 3. The van der Waals surface area contributed by atoms with Crippen molar-refractivity contribution in [2.45, 2.75) is 13.8 Å². The minimum absolute atomic E-state index is 0.0796. The molecule has 2 N–H and O–H groups in total. The van der Waals surface area contributed by atoms with E-state index >= 15 is 0 Å². The van der Waals surface area contributed by atoms with Crippen LogP contribution in [-0.2, 0) is 0 Å². The van der Waals surface area contributed by atoms with Crippen LogP contribution in [0.15, 0.2) is 24.3 Å². The first-order valence-electron chi connectivity index (χ1n) is 5.07. The van der Waals surface area contributed by atoms with Gasteiger partial charge in [0.2, 0.25) is 0 Å². The fraction of sp³-hybridized carbons (Fsp3) is 0.182. The van der Waals surface area contributed by atoms with Gasteiger partial charge in [-0.3, -0.25) is 10.1 Å². The molecule has 0 amide bonds. The van der Waals surface area contributed by atoms with Gasteiger partial charge >= 0.3 is 0 Å². The maximum atomic E-state index is 10.8. The van der Waals surface area contributed by atoms with Crippen LogP contribution < -0.4 is 5.73 Å². The highest BCUT2D eigenvalue weighted by atomic mass is 16.6. The molecule has 2 aromatic rings. The summed E-state index contributed by atoms with van der Waals surface area (Å²) in [5, 5.41) is 15.0. The van der Waals surface area contributed by atoms with E-state index in [4.69, 9.17) is 5.73 Å².